The summed E-state index contributed by atoms with van der Waals surface area (Å²) in [5.74, 6) is -0.142. The van der Waals surface area contributed by atoms with Crippen molar-refractivity contribution in [3.63, 3.8) is 0 Å². The Balaban J connectivity index is 1.94. The number of hydrogen-bond donors (Lipinski definition) is 1. The highest BCUT2D eigenvalue weighted by molar-refractivity contribution is 5.30. The monoisotopic (exact) mass is 290 g/mol. The number of likely N-dealkylation sites (tertiary alicyclic amines) is 1. The lowest BCUT2D eigenvalue weighted by molar-refractivity contribution is 0.0468. The van der Waals surface area contributed by atoms with Crippen LogP contribution in [0.3, 0.4) is 0 Å². The molecule has 1 heterocycles. The second-order valence-electron chi connectivity index (χ2n) is 6.86. The number of nitrogens with two attached hydrogens (primary N) is 1. The van der Waals surface area contributed by atoms with Gasteiger partial charge in [-0.15, -0.1) is 0 Å². The van der Waals surface area contributed by atoms with E-state index >= 15 is 0 Å². The highest BCUT2D eigenvalue weighted by Crippen LogP contribution is 2.45. The van der Waals surface area contributed by atoms with Crippen LogP contribution in [0.25, 0.3) is 0 Å². The molecule has 1 aliphatic carbocycles. The highest BCUT2D eigenvalue weighted by atomic mass is 19.1. The van der Waals surface area contributed by atoms with Crippen LogP contribution in [-0.2, 0) is 0 Å². The summed E-state index contributed by atoms with van der Waals surface area (Å²) in [5, 5.41) is 0. The summed E-state index contributed by atoms with van der Waals surface area (Å²) >= 11 is 0. The SMILES string of the molecule is Cc1ccc(F)c(C(N)C2(N3CCCCC3)CCCC2)c1. The van der Waals surface area contributed by atoms with Gasteiger partial charge < -0.3 is 5.73 Å². The van der Waals surface area contributed by atoms with E-state index in [-0.39, 0.29) is 17.4 Å². The molecule has 1 aliphatic heterocycles. The first-order chi connectivity index (χ1) is 10.1. The summed E-state index contributed by atoms with van der Waals surface area (Å²) in [6.07, 6.45) is 8.49. The molecule has 1 aromatic rings. The molecule has 2 fully saturated rings. The van der Waals surface area contributed by atoms with E-state index in [1.807, 2.05) is 19.1 Å². The molecule has 2 N–H and O–H groups in total. The van der Waals surface area contributed by atoms with Crippen LogP contribution in [0, 0.1) is 12.7 Å². The van der Waals surface area contributed by atoms with Crippen LogP contribution in [0.15, 0.2) is 18.2 Å². The largest absolute Gasteiger partial charge is 0.322 e. The summed E-state index contributed by atoms with van der Waals surface area (Å²) in [6.45, 7) is 4.26. The van der Waals surface area contributed by atoms with Gasteiger partial charge in [0.05, 0.1) is 6.04 Å². The number of benzene rings is 1. The number of halogens is 1. The molecule has 2 nitrogen and oxygen atoms in total. The minimum Gasteiger partial charge on any atom is -0.322 e. The third-order valence-corrected chi connectivity index (χ3v) is 5.52. The third-order valence-electron chi connectivity index (χ3n) is 5.52. The van der Waals surface area contributed by atoms with Crippen LogP contribution in [-0.4, -0.2) is 23.5 Å². The predicted octanol–water partition coefficient (Wildman–Crippen LogP) is 3.93. The molecule has 0 radical (unpaired) electrons. The van der Waals surface area contributed by atoms with Gasteiger partial charge in [-0.1, -0.05) is 37.0 Å². The molecule has 0 bridgehead atoms. The molecule has 3 heteroatoms. The lowest BCUT2D eigenvalue weighted by atomic mass is 9.81. The average molecular weight is 290 g/mol. The Labute approximate surface area is 127 Å². The Morgan fingerprint density at radius 1 is 1.10 bits per heavy atom. The number of rotatable bonds is 3. The molecule has 1 saturated heterocycles. The summed E-state index contributed by atoms with van der Waals surface area (Å²) in [4.78, 5) is 2.58. The molecule has 1 aromatic carbocycles. The number of piperidine rings is 1. The van der Waals surface area contributed by atoms with E-state index in [2.05, 4.69) is 4.90 Å². The van der Waals surface area contributed by atoms with Crippen LogP contribution in [0.4, 0.5) is 4.39 Å². The maximum Gasteiger partial charge on any atom is 0.128 e. The molecule has 21 heavy (non-hydrogen) atoms. The average Bonchev–Trinajstić information content (AvgIpc) is 3.01. The fourth-order valence-electron chi connectivity index (χ4n) is 4.34. The molecule has 116 valence electrons. The Bertz CT molecular complexity index is 488. The Kier molecular flexibility index (Phi) is 4.32. The van der Waals surface area contributed by atoms with Crippen molar-refractivity contribution < 1.29 is 4.39 Å². The molecule has 1 atom stereocenters. The van der Waals surface area contributed by atoms with Gasteiger partial charge in [0, 0.05) is 11.1 Å². The normalized spacial score (nSPS) is 24.1. The van der Waals surface area contributed by atoms with Crippen LogP contribution in [0.5, 0.6) is 0 Å². The summed E-state index contributed by atoms with van der Waals surface area (Å²) < 4.78 is 14.3. The molecule has 1 saturated carbocycles. The molecule has 0 spiro atoms. The molecule has 2 aliphatic rings. The summed E-state index contributed by atoms with van der Waals surface area (Å²) in [7, 11) is 0. The van der Waals surface area contributed by atoms with Gasteiger partial charge in [0.25, 0.3) is 0 Å². The van der Waals surface area contributed by atoms with Gasteiger partial charge in [-0.3, -0.25) is 4.90 Å². The van der Waals surface area contributed by atoms with Gasteiger partial charge in [0.1, 0.15) is 5.82 Å². The molecular formula is C18H27FN2. The highest BCUT2D eigenvalue weighted by Gasteiger charge is 2.45. The van der Waals surface area contributed by atoms with Gasteiger partial charge in [-0.2, -0.15) is 0 Å². The van der Waals surface area contributed by atoms with E-state index in [1.165, 1.54) is 32.1 Å². The van der Waals surface area contributed by atoms with Crippen molar-refractivity contribution in [2.24, 2.45) is 5.73 Å². The van der Waals surface area contributed by atoms with Gasteiger partial charge in [-0.05, 0) is 51.8 Å². The van der Waals surface area contributed by atoms with Crippen LogP contribution in [0.1, 0.15) is 62.1 Å². The second kappa shape index (κ2) is 6.05. The van der Waals surface area contributed by atoms with E-state index in [9.17, 15) is 4.39 Å². The van der Waals surface area contributed by atoms with E-state index in [0.29, 0.717) is 5.56 Å². The van der Waals surface area contributed by atoms with Crippen molar-refractivity contribution >= 4 is 0 Å². The number of aryl methyl sites for hydroxylation is 1. The molecule has 0 aromatic heterocycles. The maximum absolute atomic E-state index is 14.3. The molecule has 3 rings (SSSR count). The van der Waals surface area contributed by atoms with E-state index in [0.717, 1.165) is 31.5 Å². The predicted molar refractivity (Wildman–Crippen MR) is 84.7 cm³/mol. The van der Waals surface area contributed by atoms with Crippen molar-refractivity contribution in [3.05, 3.63) is 35.1 Å². The van der Waals surface area contributed by atoms with Crippen molar-refractivity contribution in [3.8, 4) is 0 Å². The van der Waals surface area contributed by atoms with Crippen LogP contribution >= 0.6 is 0 Å². The fourth-order valence-corrected chi connectivity index (χ4v) is 4.34. The zero-order valence-electron chi connectivity index (χ0n) is 13.1. The minimum absolute atomic E-state index is 0.0188. The van der Waals surface area contributed by atoms with Crippen LogP contribution < -0.4 is 5.73 Å². The van der Waals surface area contributed by atoms with Crippen molar-refractivity contribution in [1.82, 2.24) is 4.90 Å². The van der Waals surface area contributed by atoms with Crippen molar-refractivity contribution in [1.29, 1.82) is 0 Å². The van der Waals surface area contributed by atoms with Gasteiger partial charge in [0.15, 0.2) is 0 Å². The Morgan fingerprint density at radius 3 is 2.43 bits per heavy atom. The number of hydrogen-bond acceptors (Lipinski definition) is 2. The zero-order valence-corrected chi connectivity index (χ0v) is 13.1. The Hall–Kier alpha value is -0.930. The second-order valence-corrected chi connectivity index (χ2v) is 6.86. The fraction of sp³-hybridized carbons (Fsp3) is 0.667. The van der Waals surface area contributed by atoms with Gasteiger partial charge in [0.2, 0.25) is 0 Å². The van der Waals surface area contributed by atoms with Gasteiger partial charge >= 0.3 is 0 Å². The van der Waals surface area contributed by atoms with Crippen molar-refractivity contribution in [2.45, 2.75) is 63.5 Å². The van der Waals surface area contributed by atoms with Gasteiger partial charge in [-0.25, -0.2) is 4.39 Å². The molecule has 0 amide bonds. The summed E-state index contributed by atoms with van der Waals surface area (Å²) in [5.41, 5.74) is 8.44. The van der Waals surface area contributed by atoms with E-state index < -0.39 is 0 Å². The van der Waals surface area contributed by atoms with E-state index in [4.69, 9.17) is 5.73 Å². The topological polar surface area (TPSA) is 29.3 Å². The Morgan fingerprint density at radius 2 is 1.76 bits per heavy atom. The lowest BCUT2D eigenvalue weighted by Crippen LogP contribution is -2.55. The third kappa shape index (κ3) is 2.74. The smallest absolute Gasteiger partial charge is 0.128 e. The lowest BCUT2D eigenvalue weighted by Gasteiger charge is -2.47. The zero-order chi connectivity index (χ0) is 14.9. The van der Waals surface area contributed by atoms with Crippen LogP contribution in [0.2, 0.25) is 0 Å². The molecule has 1 unspecified atom stereocenters. The van der Waals surface area contributed by atoms with E-state index in [1.54, 1.807) is 6.07 Å². The standard InChI is InChI=1S/C18H27FN2/c1-14-7-8-16(19)15(13-14)17(20)18(9-3-4-10-18)21-11-5-2-6-12-21/h7-8,13,17H,2-6,9-12,20H2,1H3. The quantitative estimate of drug-likeness (QED) is 0.914. The first-order valence-corrected chi connectivity index (χ1v) is 8.40. The first-order valence-electron chi connectivity index (χ1n) is 8.40. The first kappa shape index (κ1) is 15.0. The molecular weight excluding hydrogens is 263 g/mol. The maximum atomic E-state index is 14.3. The van der Waals surface area contributed by atoms with Crippen molar-refractivity contribution in [2.75, 3.05) is 13.1 Å². The number of nitrogens with zero attached hydrogens (tertiary/aromatic N) is 1. The minimum atomic E-state index is -0.210. The summed E-state index contributed by atoms with van der Waals surface area (Å²) in [6, 6.07) is 5.14.